The van der Waals surface area contributed by atoms with Crippen LogP contribution in [-0.4, -0.2) is 101 Å². The summed E-state index contributed by atoms with van der Waals surface area (Å²) in [7, 11) is -2.59. The third-order valence-electron chi connectivity index (χ3n) is 13.3. The molecule has 9 nitrogen and oxygen atoms in total. The van der Waals surface area contributed by atoms with Crippen molar-refractivity contribution < 1.29 is 29.4 Å². The number of nitrogens with zero attached hydrogens (tertiary/aromatic N) is 2. The normalized spacial score (nSPS) is 10.8. The summed E-state index contributed by atoms with van der Waals surface area (Å²) in [6, 6.07) is 83.9. The monoisotopic (exact) mass is 1160 g/mol. The first-order chi connectivity index (χ1) is 39.6. The molecule has 0 saturated carbocycles. The van der Waals surface area contributed by atoms with E-state index in [1.165, 1.54) is 55.3 Å². The van der Waals surface area contributed by atoms with Crippen molar-refractivity contribution in [1.29, 1.82) is 0 Å². The van der Waals surface area contributed by atoms with E-state index in [0.717, 1.165) is 31.2 Å². The summed E-state index contributed by atoms with van der Waals surface area (Å²) >= 11 is 0. The molecule has 0 heterocycles. The van der Waals surface area contributed by atoms with Gasteiger partial charge in [-0.15, -0.1) is 0 Å². The minimum atomic E-state index is -0.940. The molecule has 0 radical (unpaired) electrons. The van der Waals surface area contributed by atoms with E-state index in [2.05, 4.69) is 201 Å². The highest BCUT2D eigenvalue weighted by molar-refractivity contribution is 7.74. The summed E-state index contributed by atoms with van der Waals surface area (Å²) in [5.41, 5.74) is 5.14. The van der Waals surface area contributed by atoms with Crippen LogP contribution in [0, 0.1) is 0 Å². The van der Waals surface area contributed by atoms with Crippen LogP contribution >= 0.6 is 31.7 Å². The number of hydrogen-bond acceptors (Lipinski definition) is 5. The first-order valence-corrected chi connectivity index (χ1v) is 34.0. The van der Waals surface area contributed by atoms with Gasteiger partial charge in [-0.3, -0.25) is 19.2 Å². The molecule has 0 aliphatic carbocycles. The average Bonchev–Trinajstić information content (AvgIpc) is 3.54. The lowest BCUT2D eigenvalue weighted by Gasteiger charge is -2.28. The maximum absolute atomic E-state index is 13.3. The van der Waals surface area contributed by atoms with Gasteiger partial charge in [0.05, 0.1) is 12.8 Å². The zero-order valence-corrected chi connectivity index (χ0v) is 50.1. The SMILES string of the molecule is CCCCN.O=C(O)CCC(=O)N(CCP(c1ccccc1)c1ccccc1)CCP(c1ccccc1)c1ccccc1.O=C(O)CCC(=O)N(CCP(c1ccccc1)c1ccccc1)CCP(c1ccccc1)c1ccccc1. The van der Waals surface area contributed by atoms with E-state index >= 15 is 0 Å². The lowest BCUT2D eigenvalue weighted by atomic mass is 10.3. The molecule has 2 amide bonds. The van der Waals surface area contributed by atoms with Crippen molar-refractivity contribution in [2.75, 3.05) is 57.4 Å². The molecular formula is C68H77N3O6P4. The van der Waals surface area contributed by atoms with E-state index in [4.69, 9.17) is 5.73 Å². The van der Waals surface area contributed by atoms with Crippen molar-refractivity contribution in [3.05, 3.63) is 243 Å². The molecule has 0 fully saturated rings. The topological polar surface area (TPSA) is 141 Å². The highest BCUT2D eigenvalue weighted by Crippen LogP contribution is 2.37. The van der Waals surface area contributed by atoms with Crippen LogP contribution in [-0.2, 0) is 19.2 Å². The number of amides is 2. The van der Waals surface area contributed by atoms with Crippen molar-refractivity contribution in [3.63, 3.8) is 0 Å². The van der Waals surface area contributed by atoms with Crippen LogP contribution in [0.4, 0.5) is 0 Å². The summed E-state index contributed by atoms with van der Waals surface area (Å²) in [4.78, 5) is 52.9. The number of hydrogen-bond donors (Lipinski definition) is 3. The van der Waals surface area contributed by atoms with Crippen LogP contribution < -0.4 is 48.2 Å². The van der Waals surface area contributed by atoms with Crippen molar-refractivity contribution >= 4 is 97.9 Å². The van der Waals surface area contributed by atoms with Crippen molar-refractivity contribution in [3.8, 4) is 0 Å². The highest BCUT2D eigenvalue weighted by Gasteiger charge is 2.24. The zero-order chi connectivity index (χ0) is 57.3. The van der Waals surface area contributed by atoms with Gasteiger partial charge in [0.2, 0.25) is 11.8 Å². The number of carbonyl (C=O) groups excluding carboxylic acids is 2. The second-order valence-electron chi connectivity index (χ2n) is 19.0. The fourth-order valence-electron chi connectivity index (χ4n) is 9.05. The van der Waals surface area contributed by atoms with Crippen LogP contribution in [0.25, 0.3) is 0 Å². The predicted octanol–water partition coefficient (Wildman–Crippen LogP) is 10.6. The number of carbonyl (C=O) groups is 4. The van der Waals surface area contributed by atoms with E-state index in [1.54, 1.807) is 0 Å². The molecule has 8 aromatic carbocycles. The van der Waals surface area contributed by atoms with Gasteiger partial charge in [0.15, 0.2) is 0 Å². The Labute approximate surface area is 485 Å². The Hall–Kier alpha value is -6.68. The maximum Gasteiger partial charge on any atom is 0.303 e. The molecule has 0 atom stereocenters. The highest BCUT2D eigenvalue weighted by atomic mass is 31.1. The predicted molar refractivity (Wildman–Crippen MR) is 347 cm³/mol. The Morgan fingerprint density at radius 1 is 0.333 bits per heavy atom. The largest absolute Gasteiger partial charge is 0.481 e. The third kappa shape index (κ3) is 22.3. The van der Waals surface area contributed by atoms with Gasteiger partial charge >= 0.3 is 11.9 Å². The van der Waals surface area contributed by atoms with E-state index in [0.29, 0.717) is 26.2 Å². The van der Waals surface area contributed by atoms with Crippen molar-refractivity contribution in [2.45, 2.75) is 45.4 Å². The summed E-state index contributed by atoms with van der Waals surface area (Å²) in [5.74, 6) is -2.05. The Morgan fingerprint density at radius 3 is 0.654 bits per heavy atom. The van der Waals surface area contributed by atoms with Crippen molar-refractivity contribution in [1.82, 2.24) is 9.80 Å². The van der Waals surface area contributed by atoms with Gasteiger partial charge in [-0.1, -0.05) is 256 Å². The van der Waals surface area contributed by atoms with Gasteiger partial charge in [-0.2, -0.15) is 0 Å². The lowest BCUT2D eigenvalue weighted by Crippen LogP contribution is -2.37. The van der Waals surface area contributed by atoms with Crippen LogP contribution in [0.2, 0.25) is 0 Å². The Morgan fingerprint density at radius 2 is 0.519 bits per heavy atom. The lowest BCUT2D eigenvalue weighted by molar-refractivity contribution is -0.140. The molecule has 0 unspecified atom stereocenters. The Balaban J connectivity index is 0.000000241. The summed E-state index contributed by atoms with van der Waals surface area (Å²) in [6.45, 7) is 5.37. The molecule has 0 spiro atoms. The molecule has 0 aliphatic heterocycles. The van der Waals surface area contributed by atoms with Crippen LogP contribution in [0.5, 0.6) is 0 Å². The number of unbranched alkanes of at least 4 members (excludes halogenated alkanes) is 1. The fourth-order valence-corrected chi connectivity index (χ4v) is 18.3. The molecule has 8 rings (SSSR count). The van der Waals surface area contributed by atoms with Gasteiger partial charge in [0.1, 0.15) is 0 Å². The number of nitrogens with two attached hydrogens (primary N) is 1. The zero-order valence-electron chi connectivity index (χ0n) is 46.5. The van der Waals surface area contributed by atoms with Crippen LogP contribution in [0.3, 0.4) is 0 Å². The molecule has 0 saturated heterocycles. The third-order valence-corrected chi connectivity index (χ3v) is 23.2. The van der Waals surface area contributed by atoms with Gasteiger partial charge in [-0.25, -0.2) is 0 Å². The molecule has 420 valence electrons. The first-order valence-electron chi connectivity index (χ1n) is 27.8. The molecule has 0 bridgehead atoms. The molecule has 13 heteroatoms. The number of carboxylic acids is 2. The smallest absolute Gasteiger partial charge is 0.303 e. The number of aliphatic carboxylic acids is 2. The van der Waals surface area contributed by atoms with E-state index in [1.807, 2.05) is 58.3 Å². The van der Waals surface area contributed by atoms with Gasteiger partial charge in [-0.05, 0) is 112 Å². The van der Waals surface area contributed by atoms with Crippen molar-refractivity contribution in [2.24, 2.45) is 5.73 Å². The summed E-state index contributed by atoms with van der Waals surface area (Å²) in [5, 5.41) is 28.7. The number of rotatable bonds is 28. The molecule has 0 aliphatic rings. The molecular weight excluding hydrogens is 1080 g/mol. The molecule has 81 heavy (non-hydrogen) atoms. The van der Waals surface area contributed by atoms with E-state index in [-0.39, 0.29) is 37.5 Å². The minimum absolute atomic E-state index is 0.0263. The maximum atomic E-state index is 13.3. The van der Waals surface area contributed by atoms with Crippen LogP contribution in [0.15, 0.2) is 243 Å². The number of carboxylic acid groups (broad SMARTS) is 2. The van der Waals surface area contributed by atoms with Gasteiger partial charge < -0.3 is 25.7 Å². The quantitative estimate of drug-likeness (QED) is 0.0415. The minimum Gasteiger partial charge on any atom is -0.481 e. The number of benzene rings is 8. The molecule has 8 aromatic rings. The fraction of sp³-hybridized carbons (Fsp3) is 0.235. The standard InChI is InChI=1S/2C32H33NO3P2.C4H11N/c2*34-31(21-22-32(35)36)33(23-25-37(27-13-5-1-6-14-27)28-15-7-2-8-16-28)24-26-38(29-17-9-3-10-18-29)30-19-11-4-12-20-30;1-2-3-4-5/h2*1-20H,21-26H2,(H,35,36);2-5H2,1H3. The van der Waals surface area contributed by atoms with E-state index in [9.17, 15) is 29.4 Å². The average molecular weight is 1160 g/mol. The second kappa shape index (κ2) is 36.6. The second-order valence-corrected chi connectivity index (χ2v) is 28.3. The van der Waals surface area contributed by atoms with E-state index < -0.39 is 43.6 Å². The molecule has 4 N–H and O–H groups in total. The summed E-state index contributed by atoms with van der Waals surface area (Å²) < 4.78 is 0. The summed E-state index contributed by atoms with van der Waals surface area (Å²) in [6.07, 6.45) is 5.47. The Bertz CT molecular complexity index is 2470. The van der Waals surface area contributed by atoms with Gasteiger partial charge in [0.25, 0.3) is 0 Å². The molecule has 0 aromatic heterocycles. The van der Waals surface area contributed by atoms with Gasteiger partial charge in [0, 0.05) is 39.0 Å². The first kappa shape index (κ1) is 63.5. The van der Waals surface area contributed by atoms with Crippen LogP contribution in [0.1, 0.15) is 45.4 Å². The Kier molecular flexibility index (Phi) is 28.7.